The van der Waals surface area contributed by atoms with Crippen molar-refractivity contribution in [2.75, 3.05) is 11.1 Å². The molecule has 0 saturated carbocycles. The molecule has 3 N–H and O–H groups in total. The van der Waals surface area contributed by atoms with Gasteiger partial charge in [0, 0.05) is 6.07 Å². The normalized spacial score (nSPS) is 11.0. The second-order valence-corrected chi connectivity index (χ2v) is 6.60. The molecular formula is C14H10BrF2N3S. The summed E-state index contributed by atoms with van der Waals surface area (Å²) in [6.07, 6.45) is 0. The van der Waals surface area contributed by atoms with Crippen molar-refractivity contribution in [1.82, 2.24) is 4.98 Å². The third kappa shape index (κ3) is 2.71. The number of nitrogens with two attached hydrogens (primary N) is 1. The van der Waals surface area contributed by atoms with E-state index in [1.807, 2.05) is 6.92 Å². The lowest BCUT2D eigenvalue weighted by Gasteiger charge is -2.11. The number of halogens is 3. The van der Waals surface area contributed by atoms with Gasteiger partial charge in [0.1, 0.15) is 11.6 Å². The Hall–Kier alpha value is -1.73. The van der Waals surface area contributed by atoms with Gasteiger partial charge >= 0.3 is 0 Å². The summed E-state index contributed by atoms with van der Waals surface area (Å²) in [5.74, 6) is -1.12. The summed E-state index contributed by atoms with van der Waals surface area (Å²) < 4.78 is 28.4. The first kappa shape index (κ1) is 14.2. The third-order valence-electron chi connectivity index (χ3n) is 2.95. The van der Waals surface area contributed by atoms with Gasteiger partial charge in [0.05, 0.1) is 36.8 Å². The van der Waals surface area contributed by atoms with Crippen molar-refractivity contribution < 1.29 is 8.78 Å². The van der Waals surface area contributed by atoms with Crippen molar-refractivity contribution in [3.63, 3.8) is 0 Å². The van der Waals surface area contributed by atoms with Crippen LogP contribution in [-0.2, 0) is 0 Å². The minimum atomic E-state index is -0.572. The molecule has 0 bridgehead atoms. The van der Waals surface area contributed by atoms with Crippen LogP contribution < -0.4 is 11.1 Å². The Morgan fingerprint density at radius 1 is 1.14 bits per heavy atom. The number of anilines is 3. The minimum absolute atomic E-state index is 0.0219. The summed E-state index contributed by atoms with van der Waals surface area (Å²) in [7, 11) is 0. The Morgan fingerprint density at radius 3 is 2.67 bits per heavy atom. The van der Waals surface area contributed by atoms with Crippen molar-refractivity contribution in [1.29, 1.82) is 0 Å². The zero-order valence-electron chi connectivity index (χ0n) is 10.9. The Morgan fingerprint density at radius 2 is 1.90 bits per heavy atom. The van der Waals surface area contributed by atoms with Crippen LogP contribution in [0.1, 0.15) is 5.01 Å². The highest BCUT2D eigenvalue weighted by Crippen LogP contribution is 2.33. The second kappa shape index (κ2) is 5.23. The molecule has 3 nitrogen and oxygen atoms in total. The van der Waals surface area contributed by atoms with E-state index in [4.69, 9.17) is 5.73 Å². The van der Waals surface area contributed by atoms with E-state index in [0.29, 0.717) is 11.4 Å². The molecule has 0 aliphatic carbocycles. The van der Waals surface area contributed by atoms with Crippen LogP contribution in [0.3, 0.4) is 0 Å². The quantitative estimate of drug-likeness (QED) is 0.495. The minimum Gasteiger partial charge on any atom is -0.397 e. The molecule has 2 aromatic carbocycles. The van der Waals surface area contributed by atoms with Gasteiger partial charge in [-0.05, 0) is 41.1 Å². The number of aromatic nitrogens is 1. The molecule has 108 valence electrons. The van der Waals surface area contributed by atoms with E-state index in [1.54, 1.807) is 12.1 Å². The number of hydrogen-bond donors (Lipinski definition) is 2. The van der Waals surface area contributed by atoms with Crippen LogP contribution in [0.5, 0.6) is 0 Å². The van der Waals surface area contributed by atoms with Crippen LogP contribution in [0.2, 0.25) is 0 Å². The number of aryl methyl sites for hydroxylation is 1. The highest BCUT2D eigenvalue weighted by Gasteiger charge is 2.11. The van der Waals surface area contributed by atoms with E-state index >= 15 is 0 Å². The van der Waals surface area contributed by atoms with Crippen LogP contribution in [0.25, 0.3) is 10.2 Å². The molecule has 0 atom stereocenters. The molecule has 0 amide bonds. The highest BCUT2D eigenvalue weighted by atomic mass is 79.9. The zero-order chi connectivity index (χ0) is 15.1. The molecule has 21 heavy (non-hydrogen) atoms. The van der Waals surface area contributed by atoms with Crippen molar-refractivity contribution in [3.05, 3.63) is 45.4 Å². The maximum atomic E-state index is 13.9. The first-order valence-electron chi connectivity index (χ1n) is 6.02. The first-order valence-corrected chi connectivity index (χ1v) is 7.63. The smallest absolute Gasteiger partial charge is 0.147 e. The number of nitrogens with one attached hydrogen (secondary N) is 1. The van der Waals surface area contributed by atoms with Crippen molar-refractivity contribution in [2.45, 2.75) is 6.92 Å². The molecule has 3 aromatic rings. The summed E-state index contributed by atoms with van der Waals surface area (Å²) in [5.41, 5.74) is 7.69. The van der Waals surface area contributed by atoms with Crippen LogP contribution in [0.15, 0.2) is 28.7 Å². The molecule has 0 spiro atoms. The zero-order valence-corrected chi connectivity index (χ0v) is 13.3. The molecule has 1 heterocycles. The molecule has 7 heteroatoms. The van der Waals surface area contributed by atoms with Gasteiger partial charge in [-0.1, -0.05) is 0 Å². The molecule has 0 radical (unpaired) electrons. The first-order chi connectivity index (χ1) is 9.94. The van der Waals surface area contributed by atoms with Gasteiger partial charge < -0.3 is 11.1 Å². The van der Waals surface area contributed by atoms with Crippen LogP contribution >= 0.6 is 27.3 Å². The average Bonchev–Trinajstić information content (AvgIpc) is 2.75. The van der Waals surface area contributed by atoms with Crippen LogP contribution in [0, 0.1) is 18.6 Å². The fourth-order valence-corrected chi connectivity index (χ4v) is 3.15. The summed E-state index contributed by atoms with van der Waals surface area (Å²) in [4.78, 5) is 4.36. The van der Waals surface area contributed by atoms with Crippen molar-refractivity contribution >= 4 is 54.5 Å². The Bertz CT molecular complexity index is 848. The third-order valence-corrected chi connectivity index (χ3v) is 4.49. The summed E-state index contributed by atoms with van der Waals surface area (Å²) in [5, 5.41) is 3.73. The van der Waals surface area contributed by atoms with Gasteiger partial charge in [0.15, 0.2) is 0 Å². The number of nitrogen functional groups attached to an aromatic ring is 1. The summed E-state index contributed by atoms with van der Waals surface area (Å²) in [6, 6.07) is 5.65. The van der Waals surface area contributed by atoms with Gasteiger partial charge in [-0.15, -0.1) is 11.3 Å². The lowest BCUT2D eigenvalue weighted by atomic mass is 10.2. The van der Waals surface area contributed by atoms with Crippen LogP contribution in [0.4, 0.5) is 25.8 Å². The number of thiazole rings is 1. The van der Waals surface area contributed by atoms with E-state index < -0.39 is 11.6 Å². The monoisotopic (exact) mass is 369 g/mol. The molecule has 0 unspecified atom stereocenters. The molecule has 0 aliphatic rings. The van der Waals surface area contributed by atoms with Gasteiger partial charge in [-0.2, -0.15) is 0 Å². The number of hydrogen-bond acceptors (Lipinski definition) is 4. The Labute approximate surface area is 131 Å². The number of nitrogens with zero attached hydrogens (tertiary/aromatic N) is 1. The van der Waals surface area contributed by atoms with Crippen molar-refractivity contribution in [3.8, 4) is 0 Å². The number of rotatable bonds is 2. The molecule has 0 saturated heterocycles. The predicted molar refractivity (Wildman–Crippen MR) is 86.1 cm³/mol. The average molecular weight is 370 g/mol. The highest BCUT2D eigenvalue weighted by molar-refractivity contribution is 9.10. The van der Waals surface area contributed by atoms with E-state index in [2.05, 4.69) is 26.2 Å². The van der Waals surface area contributed by atoms with Gasteiger partial charge in [0.25, 0.3) is 0 Å². The fraction of sp³-hybridized carbons (Fsp3) is 0.0714. The van der Waals surface area contributed by atoms with Gasteiger partial charge in [-0.3, -0.25) is 0 Å². The molecule has 3 rings (SSSR count). The Kier molecular flexibility index (Phi) is 3.54. The molecular weight excluding hydrogens is 360 g/mol. The van der Waals surface area contributed by atoms with E-state index in [0.717, 1.165) is 27.4 Å². The predicted octanol–water partition coefficient (Wildman–Crippen LogP) is 4.97. The largest absolute Gasteiger partial charge is 0.397 e. The van der Waals surface area contributed by atoms with E-state index in [1.165, 1.54) is 11.3 Å². The fourth-order valence-electron chi connectivity index (χ4n) is 1.98. The second-order valence-electron chi connectivity index (χ2n) is 4.51. The van der Waals surface area contributed by atoms with Gasteiger partial charge in [-0.25, -0.2) is 13.8 Å². The standard InChI is InChI=1S/C14H10BrF2N3S/c1-6-19-13-5-12(10(18)4-14(13)21-6)20-11-3-8(16)7(15)2-9(11)17/h2-5,20H,18H2,1H3. The SMILES string of the molecule is Cc1nc2cc(Nc3cc(F)c(Br)cc3F)c(N)cc2s1. The number of benzene rings is 2. The maximum Gasteiger partial charge on any atom is 0.147 e. The molecule has 0 fully saturated rings. The molecule has 0 aliphatic heterocycles. The maximum absolute atomic E-state index is 13.9. The van der Waals surface area contributed by atoms with Gasteiger partial charge in [0.2, 0.25) is 0 Å². The topological polar surface area (TPSA) is 50.9 Å². The van der Waals surface area contributed by atoms with E-state index in [9.17, 15) is 8.78 Å². The van der Waals surface area contributed by atoms with E-state index in [-0.39, 0.29) is 10.2 Å². The number of fused-ring (bicyclic) bond motifs is 1. The lowest BCUT2D eigenvalue weighted by molar-refractivity contribution is 0.598. The Balaban J connectivity index is 2.05. The van der Waals surface area contributed by atoms with Crippen molar-refractivity contribution in [2.24, 2.45) is 0 Å². The summed E-state index contributed by atoms with van der Waals surface area (Å²) >= 11 is 4.47. The summed E-state index contributed by atoms with van der Waals surface area (Å²) in [6.45, 7) is 1.90. The van der Waals surface area contributed by atoms with Crippen LogP contribution in [-0.4, -0.2) is 4.98 Å². The molecule has 1 aromatic heterocycles. The lowest BCUT2D eigenvalue weighted by Crippen LogP contribution is -1.99.